The Hall–Kier alpha value is -0.510. The van der Waals surface area contributed by atoms with Crippen molar-refractivity contribution in [2.45, 2.75) is 25.7 Å². The van der Waals surface area contributed by atoms with E-state index in [1.807, 2.05) is 30.8 Å². The Labute approximate surface area is 102 Å². The van der Waals surface area contributed by atoms with Gasteiger partial charge in [-0.3, -0.25) is 0 Å². The van der Waals surface area contributed by atoms with Crippen molar-refractivity contribution in [2.24, 2.45) is 0 Å². The van der Waals surface area contributed by atoms with Crippen LogP contribution in [0.25, 0.3) is 0 Å². The van der Waals surface area contributed by atoms with Crippen LogP contribution in [-0.4, -0.2) is 24.1 Å². The lowest BCUT2D eigenvalue weighted by Crippen LogP contribution is -1.95. The number of aliphatic hydroxyl groups is 1. The molecule has 0 atom stereocenters. The summed E-state index contributed by atoms with van der Waals surface area (Å²) in [5, 5.41) is 8.91. The molecule has 1 aromatic carbocycles. The van der Waals surface area contributed by atoms with Gasteiger partial charge in [0.2, 0.25) is 0 Å². The first-order valence-corrected chi connectivity index (χ1v) is 6.86. The fraction of sp³-hybridized carbons (Fsp3) is 0.538. The Kier molecular flexibility index (Phi) is 7.30. The molecule has 90 valence electrons. The number of ether oxygens (including phenoxy) is 1. The molecule has 0 saturated heterocycles. The van der Waals surface area contributed by atoms with Crippen molar-refractivity contribution in [3.05, 3.63) is 35.4 Å². The van der Waals surface area contributed by atoms with E-state index in [0.29, 0.717) is 0 Å². The van der Waals surface area contributed by atoms with E-state index < -0.39 is 0 Å². The zero-order valence-corrected chi connectivity index (χ0v) is 10.6. The number of thioether (sulfide) groups is 1. The summed E-state index contributed by atoms with van der Waals surface area (Å²) in [6.45, 7) is 3.83. The van der Waals surface area contributed by atoms with Crippen LogP contribution in [0.2, 0.25) is 0 Å². The van der Waals surface area contributed by atoms with Crippen molar-refractivity contribution in [3.8, 4) is 0 Å². The minimum absolute atomic E-state index is 0.127. The van der Waals surface area contributed by atoms with Gasteiger partial charge in [0.25, 0.3) is 0 Å². The zero-order valence-electron chi connectivity index (χ0n) is 9.82. The first-order chi connectivity index (χ1) is 7.86. The molecule has 0 heterocycles. The maximum absolute atomic E-state index is 8.91. The van der Waals surface area contributed by atoms with E-state index in [-0.39, 0.29) is 6.61 Å². The van der Waals surface area contributed by atoms with Crippen LogP contribution < -0.4 is 0 Å². The number of hydrogen-bond donors (Lipinski definition) is 1. The van der Waals surface area contributed by atoms with Gasteiger partial charge in [0.05, 0.1) is 6.61 Å². The van der Waals surface area contributed by atoms with Crippen LogP contribution in [0.5, 0.6) is 0 Å². The maximum atomic E-state index is 8.91. The van der Waals surface area contributed by atoms with Crippen molar-refractivity contribution >= 4 is 11.8 Å². The number of hydrogen-bond acceptors (Lipinski definition) is 3. The third-order valence-electron chi connectivity index (χ3n) is 2.26. The molecule has 0 fully saturated rings. The van der Waals surface area contributed by atoms with Gasteiger partial charge in [0, 0.05) is 19.0 Å². The highest BCUT2D eigenvalue weighted by Crippen LogP contribution is 2.14. The van der Waals surface area contributed by atoms with E-state index in [1.165, 1.54) is 5.56 Å². The molecular formula is C13H20O2S. The lowest BCUT2D eigenvalue weighted by Gasteiger charge is -2.03. The molecule has 0 amide bonds. The molecule has 1 rings (SSSR count). The van der Waals surface area contributed by atoms with Crippen molar-refractivity contribution < 1.29 is 9.84 Å². The summed E-state index contributed by atoms with van der Waals surface area (Å²) < 4.78 is 5.27. The van der Waals surface area contributed by atoms with E-state index in [9.17, 15) is 0 Å². The zero-order chi connectivity index (χ0) is 11.6. The largest absolute Gasteiger partial charge is 0.392 e. The third kappa shape index (κ3) is 5.54. The van der Waals surface area contributed by atoms with E-state index in [1.54, 1.807) is 0 Å². The molecule has 2 nitrogen and oxygen atoms in total. The highest BCUT2D eigenvalue weighted by molar-refractivity contribution is 7.98. The van der Waals surface area contributed by atoms with Gasteiger partial charge in [-0.15, -0.1) is 0 Å². The Morgan fingerprint density at radius 3 is 2.50 bits per heavy atom. The number of aliphatic hydroxyl groups excluding tert-OH is 1. The van der Waals surface area contributed by atoms with Crippen LogP contribution in [-0.2, 0) is 17.1 Å². The maximum Gasteiger partial charge on any atom is 0.0681 e. The first-order valence-electron chi connectivity index (χ1n) is 5.71. The quantitative estimate of drug-likeness (QED) is 0.709. The van der Waals surface area contributed by atoms with Gasteiger partial charge in [-0.2, -0.15) is 11.8 Å². The average molecular weight is 240 g/mol. The molecular weight excluding hydrogens is 220 g/mol. The molecule has 1 aromatic rings. The summed E-state index contributed by atoms with van der Waals surface area (Å²) in [5.41, 5.74) is 2.30. The summed E-state index contributed by atoms with van der Waals surface area (Å²) in [6, 6.07) is 8.13. The molecule has 0 aliphatic carbocycles. The Balaban J connectivity index is 2.12. The van der Waals surface area contributed by atoms with Crippen LogP contribution in [0.1, 0.15) is 24.5 Å². The van der Waals surface area contributed by atoms with Crippen molar-refractivity contribution in [3.63, 3.8) is 0 Å². The number of benzene rings is 1. The predicted molar refractivity (Wildman–Crippen MR) is 69.6 cm³/mol. The van der Waals surface area contributed by atoms with Gasteiger partial charge >= 0.3 is 0 Å². The summed E-state index contributed by atoms with van der Waals surface area (Å²) >= 11 is 1.93. The van der Waals surface area contributed by atoms with Crippen LogP contribution in [0, 0.1) is 0 Å². The minimum Gasteiger partial charge on any atom is -0.392 e. The third-order valence-corrected chi connectivity index (χ3v) is 3.37. The lowest BCUT2D eigenvalue weighted by atomic mass is 10.2. The smallest absolute Gasteiger partial charge is 0.0681 e. The van der Waals surface area contributed by atoms with Crippen LogP contribution >= 0.6 is 11.8 Å². The van der Waals surface area contributed by atoms with E-state index in [0.717, 1.165) is 36.7 Å². The molecule has 1 N–H and O–H groups in total. The SMILES string of the molecule is CCOCCCSCc1ccc(CO)cc1. The lowest BCUT2D eigenvalue weighted by molar-refractivity contribution is 0.149. The van der Waals surface area contributed by atoms with Gasteiger partial charge in [-0.05, 0) is 30.2 Å². The molecule has 0 radical (unpaired) electrons. The van der Waals surface area contributed by atoms with Gasteiger partial charge < -0.3 is 9.84 Å². The first kappa shape index (κ1) is 13.6. The summed E-state index contributed by atoms with van der Waals surface area (Å²) in [5.74, 6) is 2.18. The van der Waals surface area contributed by atoms with Gasteiger partial charge in [0.15, 0.2) is 0 Å². The molecule has 0 bridgehead atoms. The van der Waals surface area contributed by atoms with Gasteiger partial charge in [-0.25, -0.2) is 0 Å². The van der Waals surface area contributed by atoms with E-state index >= 15 is 0 Å². The number of rotatable bonds is 8. The molecule has 3 heteroatoms. The van der Waals surface area contributed by atoms with E-state index in [2.05, 4.69) is 12.1 Å². The second-order valence-electron chi connectivity index (χ2n) is 3.58. The standard InChI is InChI=1S/C13H20O2S/c1-2-15-8-3-9-16-11-13-6-4-12(10-14)5-7-13/h4-7,14H,2-3,8-11H2,1H3. The van der Waals surface area contributed by atoms with E-state index in [4.69, 9.17) is 9.84 Å². The molecule has 0 aromatic heterocycles. The highest BCUT2D eigenvalue weighted by Gasteiger charge is 1.95. The second kappa shape index (κ2) is 8.62. The summed E-state index contributed by atoms with van der Waals surface area (Å²) in [6.07, 6.45) is 1.12. The Morgan fingerprint density at radius 2 is 1.88 bits per heavy atom. The summed E-state index contributed by atoms with van der Waals surface area (Å²) in [7, 11) is 0. The molecule has 0 aliphatic heterocycles. The highest BCUT2D eigenvalue weighted by atomic mass is 32.2. The average Bonchev–Trinajstić information content (AvgIpc) is 2.34. The van der Waals surface area contributed by atoms with Crippen LogP contribution in [0.15, 0.2) is 24.3 Å². The fourth-order valence-corrected chi connectivity index (χ4v) is 2.23. The molecule has 0 unspecified atom stereocenters. The van der Waals surface area contributed by atoms with Crippen molar-refractivity contribution in [1.82, 2.24) is 0 Å². The molecule has 0 aliphatic rings. The van der Waals surface area contributed by atoms with Crippen LogP contribution in [0.3, 0.4) is 0 Å². The molecule has 16 heavy (non-hydrogen) atoms. The van der Waals surface area contributed by atoms with Gasteiger partial charge in [-0.1, -0.05) is 24.3 Å². The summed E-state index contributed by atoms with van der Waals surface area (Å²) in [4.78, 5) is 0. The molecule has 0 spiro atoms. The predicted octanol–water partition coefficient (Wildman–Crippen LogP) is 2.84. The Bertz CT molecular complexity index is 272. The Morgan fingerprint density at radius 1 is 1.19 bits per heavy atom. The van der Waals surface area contributed by atoms with Gasteiger partial charge in [0.1, 0.15) is 0 Å². The minimum atomic E-state index is 0.127. The topological polar surface area (TPSA) is 29.5 Å². The molecule has 0 saturated carbocycles. The van der Waals surface area contributed by atoms with Crippen molar-refractivity contribution in [2.75, 3.05) is 19.0 Å². The van der Waals surface area contributed by atoms with Crippen LogP contribution in [0.4, 0.5) is 0 Å². The fourth-order valence-electron chi connectivity index (χ4n) is 1.34. The monoisotopic (exact) mass is 240 g/mol. The normalized spacial score (nSPS) is 10.6. The van der Waals surface area contributed by atoms with Crippen molar-refractivity contribution in [1.29, 1.82) is 0 Å². The second-order valence-corrected chi connectivity index (χ2v) is 4.68.